The van der Waals surface area contributed by atoms with Gasteiger partial charge in [-0.3, -0.25) is 0 Å². The summed E-state index contributed by atoms with van der Waals surface area (Å²) in [4.78, 5) is 0. The number of methoxy groups -OCH3 is 1. The highest BCUT2D eigenvalue weighted by atomic mass is 16.5. The Bertz CT molecular complexity index is 281. The van der Waals surface area contributed by atoms with E-state index in [9.17, 15) is 0 Å². The van der Waals surface area contributed by atoms with E-state index < -0.39 is 0 Å². The van der Waals surface area contributed by atoms with Crippen molar-refractivity contribution >= 4 is 0 Å². The largest absolute Gasteiger partial charge is 0.382 e. The van der Waals surface area contributed by atoms with Crippen molar-refractivity contribution in [3.8, 4) is 0 Å². The van der Waals surface area contributed by atoms with E-state index in [1.165, 1.54) is 5.56 Å². The third kappa shape index (κ3) is 2.29. The smallest absolute Gasteiger partial charge is 0.0681 e. The van der Waals surface area contributed by atoms with Crippen molar-refractivity contribution in [2.45, 2.75) is 19.4 Å². The highest BCUT2D eigenvalue weighted by Crippen LogP contribution is 2.21. The topological polar surface area (TPSA) is 35.2 Å². The van der Waals surface area contributed by atoms with Crippen LogP contribution in [0, 0.1) is 6.92 Å². The summed E-state index contributed by atoms with van der Waals surface area (Å²) >= 11 is 0. The lowest BCUT2D eigenvalue weighted by atomic mass is 9.90. The molecule has 0 heterocycles. The molecule has 0 aromatic heterocycles. The molecular formula is C11H17NO. The zero-order valence-corrected chi connectivity index (χ0v) is 8.50. The van der Waals surface area contributed by atoms with E-state index in [0.717, 1.165) is 5.56 Å². The van der Waals surface area contributed by atoms with Crippen LogP contribution in [0.15, 0.2) is 24.3 Å². The Morgan fingerprint density at radius 1 is 1.38 bits per heavy atom. The van der Waals surface area contributed by atoms with Gasteiger partial charge in [-0.15, -0.1) is 0 Å². The number of nitrogens with two attached hydrogens (primary N) is 1. The average Bonchev–Trinajstić information content (AvgIpc) is 2.04. The van der Waals surface area contributed by atoms with E-state index >= 15 is 0 Å². The molecule has 1 aromatic carbocycles. The Hall–Kier alpha value is -0.860. The Kier molecular flexibility index (Phi) is 3.07. The fourth-order valence-corrected chi connectivity index (χ4v) is 1.59. The molecule has 0 saturated heterocycles. The Labute approximate surface area is 79.7 Å². The maximum Gasteiger partial charge on any atom is 0.0681 e. The SMILES string of the molecule is COCC(C)(N)c1ccccc1C. The molecule has 2 heteroatoms. The molecule has 1 rings (SSSR count). The molecule has 72 valence electrons. The zero-order valence-electron chi connectivity index (χ0n) is 8.50. The third-order valence-electron chi connectivity index (χ3n) is 2.20. The first-order valence-electron chi connectivity index (χ1n) is 4.42. The summed E-state index contributed by atoms with van der Waals surface area (Å²) in [6.07, 6.45) is 0. The number of rotatable bonds is 3. The van der Waals surface area contributed by atoms with Gasteiger partial charge in [0.25, 0.3) is 0 Å². The molecule has 0 bridgehead atoms. The maximum absolute atomic E-state index is 6.12. The van der Waals surface area contributed by atoms with Gasteiger partial charge in [-0.1, -0.05) is 24.3 Å². The van der Waals surface area contributed by atoms with Crippen molar-refractivity contribution in [3.05, 3.63) is 35.4 Å². The predicted molar refractivity (Wildman–Crippen MR) is 54.6 cm³/mol. The van der Waals surface area contributed by atoms with Crippen molar-refractivity contribution in [3.63, 3.8) is 0 Å². The summed E-state index contributed by atoms with van der Waals surface area (Å²) in [5, 5.41) is 0. The summed E-state index contributed by atoms with van der Waals surface area (Å²) in [5.41, 5.74) is 8.10. The van der Waals surface area contributed by atoms with Gasteiger partial charge in [0.1, 0.15) is 0 Å². The zero-order chi connectivity index (χ0) is 9.90. The van der Waals surface area contributed by atoms with Crippen LogP contribution >= 0.6 is 0 Å². The molecule has 0 aliphatic heterocycles. The average molecular weight is 179 g/mol. The van der Waals surface area contributed by atoms with Gasteiger partial charge in [-0.25, -0.2) is 0 Å². The Balaban J connectivity index is 2.99. The van der Waals surface area contributed by atoms with Gasteiger partial charge in [-0.05, 0) is 25.0 Å². The monoisotopic (exact) mass is 179 g/mol. The Morgan fingerprint density at radius 3 is 2.54 bits per heavy atom. The van der Waals surface area contributed by atoms with Crippen LogP contribution in [-0.4, -0.2) is 13.7 Å². The molecule has 1 unspecified atom stereocenters. The lowest BCUT2D eigenvalue weighted by Gasteiger charge is -2.25. The van der Waals surface area contributed by atoms with Crippen LogP contribution < -0.4 is 5.73 Å². The van der Waals surface area contributed by atoms with E-state index in [1.807, 2.05) is 25.1 Å². The molecule has 0 aliphatic rings. The minimum absolute atomic E-state index is 0.389. The summed E-state index contributed by atoms with van der Waals surface area (Å²) < 4.78 is 5.09. The number of hydrogen-bond acceptors (Lipinski definition) is 2. The van der Waals surface area contributed by atoms with Gasteiger partial charge in [0.15, 0.2) is 0 Å². The van der Waals surface area contributed by atoms with Crippen molar-refractivity contribution < 1.29 is 4.74 Å². The molecule has 0 amide bonds. The van der Waals surface area contributed by atoms with Gasteiger partial charge >= 0.3 is 0 Å². The molecular weight excluding hydrogens is 162 g/mol. The predicted octanol–water partition coefficient (Wildman–Crippen LogP) is 1.82. The first-order chi connectivity index (χ1) is 6.08. The van der Waals surface area contributed by atoms with Gasteiger partial charge < -0.3 is 10.5 Å². The highest BCUT2D eigenvalue weighted by molar-refractivity contribution is 5.31. The number of hydrogen-bond donors (Lipinski definition) is 1. The van der Waals surface area contributed by atoms with Crippen LogP contribution in [0.25, 0.3) is 0 Å². The number of ether oxygens (including phenoxy) is 1. The second-order valence-corrected chi connectivity index (χ2v) is 3.67. The second kappa shape index (κ2) is 3.90. The fourth-order valence-electron chi connectivity index (χ4n) is 1.59. The summed E-state index contributed by atoms with van der Waals surface area (Å²) in [6, 6.07) is 8.13. The lowest BCUT2D eigenvalue weighted by Crippen LogP contribution is -2.38. The molecule has 0 saturated carbocycles. The standard InChI is InChI=1S/C11H17NO/c1-9-6-4-5-7-10(9)11(2,12)8-13-3/h4-7H,8,12H2,1-3H3. The molecule has 1 atom stereocenters. The van der Waals surface area contributed by atoms with Crippen molar-refractivity contribution in [2.24, 2.45) is 5.73 Å². The van der Waals surface area contributed by atoms with Gasteiger partial charge in [0, 0.05) is 7.11 Å². The highest BCUT2D eigenvalue weighted by Gasteiger charge is 2.22. The molecule has 0 spiro atoms. The van der Waals surface area contributed by atoms with Crippen LogP contribution in [0.4, 0.5) is 0 Å². The summed E-state index contributed by atoms with van der Waals surface area (Å²) in [6.45, 7) is 4.59. The lowest BCUT2D eigenvalue weighted by molar-refractivity contribution is 0.140. The second-order valence-electron chi connectivity index (χ2n) is 3.67. The van der Waals surface area contributed by atoms with E-state index in [-0.39, 0.29) is 5.54 Å². The maximum atomic E-state index is 6.12. The van der Waals surface area contributed by atoms with Crippen molar-refractivity contribution in [2.75, 3.05) is 13.7 Å². The molecule has 0 aliphatic carbocycles. The quantitative estimate of drug-likeness (QED) is 0.768. The van der Waals surface area contributed by atoms with Crippen molar-refractivity contribution in [1.82, 2.24) is 0 Å². The van der Waals surface area contributed by atoms with Crippen LogP contribution in [0.3, 0.4) is 0 Å². The minimum atomic E-state index is -0.389. The molecule has 0 fully saturated rings. The number of aryl methyl sites for hydroxylation is 1. The van der Waals surface area contributed by atoms with Crippen LogP contribution in [0.1, 0.15) is 18.1 Å². The summed E-state index contributed by atoms with van der Waals surface area (Å²) in [5.74, 6) is 0. The molecule has 2 nitrogen and oxygen atoms in total. The molecule has 13 heavy (non-hydrogen) atoms. The fraction of sp³-hybridized carbons (Fsp3) is 0.455. The molecule has 0 radical (unpaired) electrons. The van der Waals surface area contributed by atoms with Crippen molar-refractivity contribution in [1.29, 1.82) is 0 Å². The van der Waals surface area contributed by atoms with E-state index in [2.05, 4.69) is 13.0 Å². The van der Waals surface area contributed by atoms with E-state index in [1.54, 1.807) is 7.11 Å². The third-order valence-corrected chi connectivity index (χ3v) is 2.20. The normalized spacial score (nSPS) is 15.4. The first-order valence-corrected chi connectivity index (χ1v) is 4.42. The number of benzene rings is 1. The van der Waals surface area contributed by atoms with Gasteiger partial charge in [-0.2, -0.15) is 0 Å². The molecule has 1 aromatic rings. The molecule has 2 N–H and O–H groups in total. The van der Waals surface area contributed by atoms with Crippen LogP contribution in [0.5, 0.6) is 0 Å². The van der Waals surface area contributed by atoms with E-state index in [0.29, 0.717) is 6.61 Å². The minimum Gasteiger partial charge on any atom is -0.382 e. The van der Waals surface area contributed by atoms with Gasteiger partial charge in [0.05, 0.1) is 12.1 Å². The summed E-state index contributed by atoms with van der Waals surface area (Å²) in [7, 11) is 1.67. The van der Waals surface area contributed by atoms with E-state index in [4.69, 9.17) is 10.5 Å². The Morgan fingerprint density at radius 2 is 2.00 bits per heavy atom. The first kappa shape index (κ1) is 10.2. The van der Waals surface area contributed by atoms with Crippen LogP contribution in [0.2, 0.25) is 0 Å². The van der Waals surface area contributed by atoms with Gasteiger partial charge in [0.2, 0.25) is 0 Å². The van der Waals surface area contributed by atoms with Crippen LogP contribution in [-0.2, 0) is 10.3 Å².